The molecule has 0 radical (unpaired) electrons. The molecule has 2 heterocycles. The molecule has 0 aliphatic carbocycles. The average molecular weight is 205 g/mol. The standard InChI is InChI=1S/C12H19N3/c1-14(2)10-11-6-5-7-12(13-11)15-8-3-4-9-15/h5-7H,3-4,8-10H2,1-2H3. The first-order valence-corrected chi connectivity index (χ1v) is 5.61. The highest BCUT2D eigenvalue weighted by molar-refractivity contribution is 5.40. The molecule has 0 atom stereocenters. The largest absolute Gasteiger partial charge is 0.357 e. The van der Waals surface area contributed by atoms with E-state index in [2.05, 4.69) is 47.1 Å². The van der Waals surface area contributed by atoms with E-state index in [0.29, 0.717) is 0 Å². The van der Waals surface area contributed by atoms with Crippen LogP contribution in [0, 0.1) is 0 Å². The van der Waals surface area contributed by atoms with Gasteiger partial charge < -0.3 is 9.80 Å². The molecule has 0 unspecified atom stereocenters. The molecule has 1 aromatic heterocycles. The molecule has 3 heteroatoms. The Balaban J connectivity index is 2.11. The van der Waals surface area contributed by atoms with E-state index in [0.717, 1.165) is 18.1 Å². The molecule has 1 aromatic rings. The highest BCUT2D eigenvalue weighted by atomic mass is 15.2. The van der Waals surface area contributed by atoms with E-state index in [1.54, 1.807) is 0 Å². The van der Waals surface area contributed by atoms with Crippen molar-refractivity contribution in [3.63, 3.8) is 0 Å². The number of aromatic nitrogens is 1. The molecule has 0 amide bonds. The Kier molecular flexibility index (Phi) is 3.21. The summed E-state index contributed by atoms with van der Waals surface area (Å²) in [6.45, 7) is 3.25. The summed E-state index contributed by atoms with van der Waals surface area (Å²) in [4.78, 5) is 9.20. The van der Waals surface area contributed by atoms with Crippen LogP contribution in [0.4, 0.5) is 5.82 Å². The molecule has 0 aromatic carbocycles. The lowest BCUT2D eigenvalue weighted by Gasteiger charge is -2.17. The molecule has 0 spiro atoms. The lowest BCUT2D eigenvalue weighted by atomic mass is 10.3. The molecule has 0 saturated carbocycles. The van der Waals surface area contributed by atoms with Gasteiger partial charge in [0, 0.05) is 19.6 Å². The quantitative estimate of drug-likeness (QED) is 0.749. The Hall–Kier alpha value is -1.09. The van der Waals surface area contributed by atoms with Gasteiger partial charge in [0.1, 0.15) is 5.82 Å². The molecule has 2 rings (SSSR count). The van der Waals surface area contributed by atoms with Crippen LogP contribution in [0.25, 0.3) is 0 Å². The molecule has 1 aliphatic rings. The minimum Gasteiger partial charge on any atom is -0.357 e. The van der Waals surface area contributed by atoms with E-state index in [9.17, 15) is 0 Å². The van der Waals surface area contributed by atoms with Gasteiger partial charge >= 0.3 is 0 Å². The Morgan fingerprint density at radius 1 is 1.27 bits per heavy atom. The van der Waals surface area contributed by atoms with Gasteiger partial charge in [-0.25, -0.2) is 4.98 Å². The number of hydrogen-bond donors (Lipinski definition) is 0. The summed E-state index contributed by atoms with van der Waals surface area (Å²) >= 11 is 0. The van der Waals surface area contributed by atoms with Gasteiger partial charge in [-0.15, -0.1) is 0 Å². The zero-order valence-corrected chi connectivity index (χ0v) is 9.61. The van der Waals surface area contributed by atoms with Gasteiger partial charge in [0.25, 0.3) is 0 Å². The van der Waals surface area contributed by atoms with Crippen molar-refractivity contribution in [3.8, 4) is 0 Å². The third-order valence-corrected chi connectivity index (χ3v) is 2.70. The summed E-state index contributed by atoms with van der Waals surface area (Å²) in [6.07, 6.45) is 2.61. The van der Waals surface area contributed by atoms with Gasteiger partial charge in [0.15, 0.2) is 0 Å². The minimum absolute atomic E-state index is 0.918. The van der Waals surface area contributed by atoms with Crippen molar-refractivity contribution in [2.45, 2.75) is 19.4 Å². The number of pyridine rings is 1. The van der Waals surface area contributed by atoms with Gasteiger partial charge in [-0.05, 0) is 39.1 Å². The fraction of sp³-hybridized carbons (Fsp3) is 0.583. The zero-order chi connectivity index (χ0) is 10.7. The molecule has 1 aliphatic heterocycles. The Bertz CT molecular complexity index is 316. The smallest absolute Gasteiger partial charge is 0.128 e. The topological polar surface area (TPSA) is 19.4 Å². The minimum atomic E-state index is 0.918. The van der Waals surface area contributed by atoms with Crippen molar-refractivity contribution in [2.24, 2.45) is 0 Å². The summed E-state index contributed by atoms with van der Waals surface area (Å²) in [6, 6.07) is 6.32. The number of anilines is 1. The molecule has 3 nitrogen and oxygen atoms in total. The van der Waals surface area contributed by atoms with Crippen LogP contribution in [-0.4, -0.2) is 37.1 Å². The first-order valence-electron chi connectivity index (χ1n) is 5.61. The predicted octanol–water partition coefficient (Wildman–Crippen LogP) is 1.74. The van der Waals surface area contributed by atoms with Crippen LogP contribution in [0.5, 0.6) is 0 Å². The zero-order valence-electron chi connectivity index (χ0n) is 9.61. The summed E-state index contributed by atoms with van der Waals surface area (Å²) in [7, 11) is 4.15. The first kappa shape index (κ1) is 10.4. The number of rotatable bonds is 3. The maximum atomic E-state index is 4.68. The van der Waals surface area contributed by atoms with Crippen molar-refractivity contribution in [1.82, 2.24) is 9.88 Å². The fourth-order valence-corrected chi connectivity index (χ4v) is 2.00. The Labute approximate surface area is 91.7 Å². The highest BCUT2D eigenvalue weighted by Gasteiger charge is 2.13. The van der Waals surface area contributed by atoms with Crippen LogP contribution < -0.4 is 4.90 Å². The second-order valence-electron chi connectivity index (χ2n) is 4.42. The van der Waals surface area contributed by atoms with Crippen molar-refractivity contribution < 1.29 is 0 Å². The molecule has 15 heavy (non-hydrogen) atoms. The van der Waals surface area contributed by atoms with E-state index in [-0.39, 0.29) is 0 Å². The Morgan fingerprint density at radius 2 is 2.00 bits per heavy atom. The SMILES string of the molecule is CN(C)Cc1cccc(N2CCCC2)n1. The van der Waals surface area contributed by atoms with E-state index < -0.39 is 0 Å². The highest BCUT2D eigenvalue weighted by Crippen LogP contribution is 2.17. The summed E-state index contributed by atoms with van der Waals surface area (Å²) < 4.78 is 0. The molecule has 1 saturated heterocycles. The van der Waals surface area contributed by atoms with Crippen LogP contribution >= 0.6 is 0 Å². The van der Waals surface area contributed by atoms with Crippen LogP contribution in [0.15, 0.2) is 18.2 Å². The summed E-state index contributed by atoms with van der Waals surface area (Å²) in [5, 5.41) is 0. The molecule has 1 fully saturated rings. The van der Waals surface area contributed by atoms with Crippen LogP contribution in [0.2, 0.25) is 0 Å². The Morgan fingerprint density at radius 3 is 2.67 bits per heavy atom. The van der Waals surface area contributed by atoms with Gasteiger partial charge in [0.05, 0.1) is 5.69 Å². The van der Waals surface area contributed by atoms with Crippen LogP contribution in [0.1, 0.15) is 18.5 Å². The molecule has 0 N–H and O–H groups in total. The second-order valence-corrected chi connectivity index (χ2v) is 4.42. The summed E-state index contributed by atoms with van der Waals surface area (Å²) in [5.41, 5.74) is 1.16. The van der Waals surface area contributed by atoms with E-state index in [1.807, 2.05) is 0 Å². The van der Waals surface area contributed by atoms with Gasteiger partial charge in [0.2, 0.25) is 0 Å². The van der Waals surface area contributed by atoms with Gasteiger partial charge in [-0.3, -0.25) is 0 Å². The monoisotopic (exact) mass is 205 g/mol. The normalized spacial score (nSPS) is 16.3. The van der Waals surface area contributed by atoms with Crippen molar-refractivity contribution in [2.75, 3.05) is 32.1 Å². The van der Waals surface area contributed by atoms with E-state index in [1.165, 1.54) is 25.9 Å². The van der Waals surface area contributed by atoms with Crippen molar-refractivity contribution in [1.29, 1.82) is 0 Å². The molecular weight excluding hydrogens is 186 g/mol. The predicted molar refractivity (Wildman–Crippen MR) is 63.1 cm³/mol. The maximum Gasteiger partial charge on any atom is 0.128 e. The summed E-state index contributed by atoms with van der Waals surface area (Å²) in [5.74, 6) is 1.15. The number of hydrogen-bond acceptors (Lipinski definition) is 3. The third-order valence-electron chi connectivity index (χ3n) is 2.70. The first-order chi connectivity index (χ1) is 7.25. The van der Waals surface area contributed by atoms with Crippen LogP contribution in [0.3, 0.4) is 0 Å². The van der Waals surface area contributed by atoms with E-state index in [4.69, 9.17) is 0 Å². The molecule has 0 bridgehead atoms. The van der Waals surface area contributed by atoms with Crippen LogP contribution in [-0.2, 0) is 6.54 Å². The lowest BCUT2D eigenvalue weighted by Crippen LogP contribution is -2.20. The average Bonchev–Trinajstić information content (AvgIpc) is 2.69. The van der Waals surface area contributed by atoms with Crippen molar-refractivity contribution in [3.05, 3.63) is 23.9 Å². The van der Waals surface area contributed by atoms with Gasteiger partial charge in [-0.1, -0.05) is 6.07 Å². The van der Waals surface area contributed by atoms with Crippen molar-refractivity contribution >= 4 is 5.82 Å². The molecular formula is C12H19N3. The maximum absolute atomic E-state index is 4.68. The number of nitrogens with zero attached hydrogens (tertiary/aromatic N) is 3. The van der Waals surface area contributed by atoms with Gasteiger partial charge in [-0.2, -0.15) is 0 Å². The fourth-order valence-electron chi connectivity index (χ4n) is 2.00. The van der Waals surface area contributed by atoms with E-state index >= 15 is 0 Å². The molecule has 82 valence electrons. The second kappa shape index (κ2) is 4.62. The lowest BCUT2D eigenvalue weighted by molar-refractivity contribution is 0.397. The third kappa shape index (κ3) is 2.69.